The Labute approximate surface area is 160 Å². The van der Waals surface area contributed by atoms with Crippen molar-refractivity contribution >= 4 is 7.82 Å². The molecule has 0 rings (SSSR count). The van der Waals surface area contributed by atoms with Crippen molar-refractivity contribution in [2.24, 2.45) is 0 Å². The van der Waals surface area contributed by atoms with Crippen LogP contribution in [0.5, 0.6) is 0 Å². The van der Waals surface area contributed by atoms with Gasteiger partial charge in [0.15, 0.2) is 0 Å². The van der Waals surface area contributed by atoms with Gasteiger partial charge in [0.1, 0.15) is 6.10 Å². The summed E-state index contributed by atoms with van der Waals surface area (Å²) in [6.07, 6.45) is 13.8. The van der Waals surface area contributed by atoms with E-state index in [1.165, 1.54) is 51.4 Å². The summed E-state index contributed by atoms with van der Waals surface area (Å²) in [5.74, 6) is 0. The van der Waals surface area contributed by atoms with Gasteiger partial charge in [0.25, 0.3) is 0 Å². The largest absolute Gasteiger partial charge is 0.469 e. The van der Waals surface area contributed by atoms with Crippen molar-refractivity contribution in [3.8, 4) is 0 Å². The van der Waals surface area contributed by atoms with E-state index in [1.807, 2.05) is 0 Å². The van der Waals surface area contributed by atoms with Crippen molar-refractivity contribution in [2.75, 3.05) is 26.4 Å². The van der Waals surface area contributed by atoms with E-state index in [4.69, 9.17) is 19.3 Å². The van der Waals surface area contributed by atoms with Crippen LogP contribution in [-0.2, 0) is 18.6 Å². The molecule has 0 aliphatic carbocycles. The normalized spacial score (nSPS) is 13.2. The highest BCUT2D eigenvalue weighted by Crippen LogP contribution is 2.35. The van der Waals surface area contributed by atoms with E-state index in [9.17, 15) is 4.57 Å². The molecule has 6 nitrogen and oxygen atoms in total. The van der Waals surface area contributed by atoms with Gasteiger partial charge < -0.3 is 19.3 Å². The molecule has 0 saturated heterocycles. The molecule has 7 heteroatoms. The van der Waals surface area contributed by atoms with E-state index in [0.29, 0.717) is 19.8 Å². The molecule has 0 aliphatic heterocycles. The maximum Gasteiger partial charge on any atom is 0.469 e. The molecule has 0 aromatic rings. The first-order chi connectivity index (χ1) is 12.5. The first kappa shape index (κ1) is 26.0. The van der Waals surface area contributed by atoms with E-state index in [1.54, 1.807) is 0 Å². The first-order valence-corrected chi connectivity index (χ1v) is 11.9. The fourth-order valence-electron chi connectivity index (χ4n) is 2.66. The van der Waals surface area contributed by atoms with Crippen molar-refractivity contribution in [2.45, 2.75) is 97.0 Å². The third-order valence-electron chi connectivity index (χ3n) is 4.23. The predicted octanol–water partition coefficient (Wildman–Crippen LogP) is 5.22. The van der Waals surface area contributed by atoms with E-state index >= 15 is 0 Å². The molecule has 26 heavy (non-hydrogen) atoms. The van der Waals surface area contributed by atoms with Crippen LogP contribution in [0.3, 0.4) is 0 Å². The summed E-state index contributed by atoms with van der Waals surface area (Å²) in [5.41, 5.74) is 0. The highest BCUT2D eigenvalue weighted by Gasteiger charge is 2.19. The molecule has 0 amide bonds. The summed E-state index contributed by atoms with van der Waals surface area (Å²) in [5, 5.41) is 0. The second-order valence-corrected chi connectivity index (χ2v) is 8.13. The fourth-order valence-corrected chi connectivity index (χ4v) is 3.02. The topological polar surface area (TPSA) is 85.2 Å². The number of hydrogen-bond acceptors (Lipinski definition) is 4. The van der Waals surface area contributed by atoms with Crippen molar-refractivity contribution in [3.05, 3.63) is 0 Å². The summed E-state index contributed by atoms with van der Waals surface area (Å²) in [4.78, 5) is 17.7. The van der Waals surface area contributed by atoms with E-state index in [2.05, 4.69) is 18.4 Å². The Hall–Kier alpha value is 0.0300. The molecule has 1 unspecified atom stereocenters. The van der Waals surface area contributed by atoms with Gasteiger partial charge in [-0.2, -0.15) is 0 Å². The number of unbranched alkanes of at least 4 members (excludes halogenated alkanes) is 10. The highest BCUT2D eigenvalue weighted by atomic mass is 31.2. The minimum atomic E-state index is -4.47. The van der Waals surface area contributed by atoms with Crippen LogP contribution in [-0.4, -0.2) is 42.3 Å². The molecule has 0 aromatic heterocycles. The van der Waals surface area contributed by atoms with E-state index in [-0.39, 0.29) is 6.61 Å². The van der Waals surface area contributed by atoms with Crippen LogP contribution in [0, 0.1) is 0 Å². The summed E-state index contributed by atoms with van der Waals surface area (Å²) in [6.45, 7) is 5.79. The summed E-state index contributed by atoms with van der Waals surface area (Å²) in [6, 6.07) is 0. The molecule has 0 bridgehead atoms. The lowest BCUT2D eigenvalue weighted by Crippen LogP contribution is -2.26. The van der Waals surface area contributed by atoms with Gasteiger partial charge in [0.2, 0.25) is 0 Å². The number of rotatable bonds is 20. The summed E-state index contributed by atoms with van der Waals surface area (Å²) in [7, 11) is -4.47. The molecule has 0 radical (unpaired) electrons. The van der Waals surface area contributed by atoms with Crippen LogP contribution in [0.25, 0.3) is 0 Å². The average molecular weight is 397 g/mol. The van der Waals surface area contributed by atoms with Crippen molar-refractivity contribution < 1.29 is 28.3 Å². The molecular formula is C19H41O6P. The van der Waals surface area contributed by atoms with Crippen LogP contribution in [0.2, 0.25) is 0 Å². The molecule has 0 aliphatic rings. The summed E-state index contributed by atoms with van der Waals surface area (Å²) >= 11 is 0. The smallest absolute Gasteiger partial charge is 0.379 e. The molecule has 1 atom stereocenters. The van der Waals surface area contributed by atoms with Gasteiger partial charge in [-0.1, -0.05) is 78.1 Å². The number of phosphoric acid groups is 1. The number of hydrogen-bond donors (Lipinski definition) is 2. The molecule has 0 aromatic carbocycles. The predicted molar refractivity (Wildman–Crippen MR) is 105 cm³/mol. The van der Waals surface area contributed by atoms with Gasteiger partial charge in [-0.15, -0.1) is 0 Å². The Balaban J connectivity index is 3.83. The van der Waals surface area contributed by atoms with E-state index < -0.39 is 13.9 Å². The lowest BCUT2D eigenvalue weighted by molar-refractivity contribution is -0.0429. The molecule has 0 saturated carbocycles. The maximum absolute atomic E-state index is 10.9. The van der Waals surface area contributed by atoms with Crippen LogP contribution in [0.15, 0.2) is 0 Å². The Morgan fingerprint density at radius 1 is 0.731 bits per heavy atom. The van der Waals surface area contributed by atoms with Crippen molar-refractivity contribution in [1.82, 2.24) is 0 Å². The minimum Gasteiger partial charge on any atom is -0.379 e. The first-order valence-electron chi connectivity index (χ1n) is 10.4. The van der Waals surface area contributed by atoms with Crippen LogP contribution < -0.4 is 0 Å². The number of phosphoric ester groups is 1. The second-order valence-electron chi connectivity index (χ2n) is 6.89. The van der Waals surface area contributed by atoms with Gasteiger partial charge in [0, 0.05) is 13.2 Å². The third-order valence-corrected chi connectivity index (χ3v) is 4.71. The van der Waals surface area contributed by atoms with Gasteiger partial charge in [0.05, 0.1) is 13.2 Å². The monoisotopic (exact) mass is 396 g/mol. The number of ether oxygens (including phenoxy) is 2. The van der Waals surface area contributed by atoms with Gasteiger partial charge in [-0.05, 0) is 12.8 Å². The highest BCUT2D eigenvalue weighted by molar-refractivity contribution is 7.46. The van der Waals surface area contributed by atoms with Crippen molar-refractivity contribution in [1.29, 1.82) is 0 Å². The fraction of sp³-hybridized carbons (Fsp3) is 1.00. The minimum absolute atomic E-state index is 0.142. The van der Waals surface area contributed by atoms with Crippen LogP contribution >= 0.6 is 7.82 Å². The lowest BCUT2D eigenvalue weighted by atomic mass is 10.1. The van der Waals surface area contributed by atoms with Crippen LogP contribution in [0.4, 0.5) is 0 Å². The van der Waals surface area contributed by atoms with Gasteiger partial charge in [-0.25, -0.2) is 4.57 Å². The zero-order chi connectivity index (χ0) is 19.5. The zero-order valence-corrected chi connectivity index (χ0v) is 17.8. The SMILES string of the molecule is CCCCCCCCOCC(COP(=O)(O)O)OCCCCCCCC. The second kappa shape index (κ2) is 18.4. The molecule has 0 heterocycles. The van der Waals surface area contributed by atoms with Crippen LogP contribution in [0.1, 0.15) is 90.9 Å². The molecule has 2 N–H and O–H groups in total. The van der Waals surface area contributed by atoms with Gasteiger partial charge >= 0.3 is 7.82 Å². The van der Waals surface area contributed by atoms with Crippen molar-refractivity contribution in [3.63, 3.8) is 0 Å². The molecular weight excluding hydrogens is 355 g/mol. The Morgan fingerprint density at radius 3 is 1.77 bits per heavy atom. The Bertz CT molecular complexity index is 334. The lowest BCUT2D eigenvalue weighted by Gasteiger charge is -2.18. The maximum atomic E-state index is 10.9. The average Bonchev–Trinajstić information content (AvgIpc) is 2.59. The van der Waals surface area contributed by atoms with E-state index in [0.717, 1.165) is 25.7 Å². The molecule has 0 spiro atoms. The third kappa shape index (κ3) is 20.3. The quantitative estimate of drug-likeness (QED) is 0.217. The molecule has 0 fully saturated rings. The Morgan fingerprint density at radius 2 is 1.23 bits per heavy atom. The Kier molecular flexibility index (Phi) is 18.4. The standard InChI is InChI=1S/C19H41O6P/c1-3-5-7-9-11-13-15-23-17-19(18-25-26(20,21)22)24-16-14-12-10-8-6-4-2/h19H,3-18H2,1-2H3,(H2,20,21,22). The molecule has 158 valence electrons. The zero-order valence-electron chi connectivity index (χ0n) is 16.9. The van der Waals surface area contributed by atoms with Gasteiger partial charge in [-0.3, -0.25) is 4.52 Å². The summed E-state index contributed by atoms with van der Waals surface area (Å²) < 4.78 is 26.8.